The number of nitrogens with two attached hydrogens (primary N) is 2. The average Bonchev–Trinajstić information content (AvgIpc) is 3.54. The molecule has 2 amide bonds. The molecule has 1 unspecified atom stereocenters. The van der Waals surface area contributed by atoms with Crippen LogP contribution in [0.4, 0.5) is 0 Å². The van der Waals surface area contributed by atoms with Crippen LogP contribution in [0, 0.1) is 18.3 Å². The van der Waals surface area contributed by atoms with Crippen LogP contribution in [0.15, 0.2) is 41.6 Å². The molecule has 0 radical (unpaired) electrons. The number of nitrogens with one attached hydrogen (secondary N) is 1. The first kappa shape index (κ1) is 31.1. The summed E-state index contributed by atoms with van der Waals surface area (Å²) in [5, 5.41) is 4.25. The van der Waals surface area contributed by atoms with E-state index in [-0.39, 0.29) is 23.3 Å². The maximum Gasteiger partial charge on any atom is 0.251 e. The third-order valence-corrected chi connectivity index (χ3v) is 8.57. The summed E-state index contributed by atoms with van der Waals surface area (Å²) in [5.74, 6) is 0.865. The fraction of sp³-hybridized carbons (Fsp3) is 0.471. The second-order valence-corrected chi connectivity index (χ2v) is 13.2. The molecule has 10 nitrogen and oxygen atoms in total. The van der Waals surface area contributed by atoms with Crippen molar-refractivity contribution in [3.05, 3.63) is 58.6 Å². The highest BCUT2D eigenvalue weighted by molar-refractivity contribution is 5.96. The van der Waals surface area contributed by atoms with Gasteiger partial charge in [0.15, 0.2) is 5.88 Å². The number of carbonyl (C=O) groups excluding carboxylic acids is 2. The number of fused-ring (bicyclic) bond motifs is 2. The van der Waals surface area contributed by atoms with Crippen LogP contribution >= 0.6 is 0 Å². The lowest BCUT2D eigenvalue weighted by Crippen LogP contribution is -2.33. The van der Waals surface area contributed by atoms with Crippen molar-refractivity contribution in [2.24, 2.45) is 22.8 Å². The second-order valence-electron chi connectivity index (χ2n) is 13.2. The minimum absolute atomic E-state index is 0.0189. The Kier molecular flexibility index (Phi) is 8.46. The lowest BCUT2D eigenvalue weighted by Gasteiger charge is -2.14. The number of imidazole rings is 1. The molecule has 4 aromatic rings. The average molecular weight is 600 g/mol. The van der Waals surface area contributed by atoms with Gasteiger partial charge in [-0.2, -0.15) is 0 Å². The molecule has 0 spiro atoms. The van der Waals surface area contributed by atoms with Crippen LogP contribution in [0.2, 0.25) is 0 Å². The fourth-order valence-electron chi connectivity index (χ4n) is 5.49. The number of hydrogen-bond donors (Lipinski definition) is 3. The molecule has 0 saturated heterocycles. The monoisotopic (exact) mass is 599 g/mol. The predicted molar refractivity (Wildman–Crippen MR) is 173 cm³/mol. The first-order valence-corrected chi connectivity index (χ1v) is 15.4. The maximum atomic E-state index is 13.2. The number of rotatable bonds is 7. The number of aryl methyl sites for hydroxylation is 2. The number of amides is 2. The van der Waals surface area contributed by atoms with Gasteiger partial charge < -0.3 is 26.1 Å². The second kappa shape index (κ2) is 12.0. The van der Waals surface area contributed by atoms with Gasteiger partial charge in [0.1, 0.15) is 17.0 Å². The fourth-order valence-corrected chi connectivity index (χ4v) is 5.49. The first-order chi connectivity index (χ1) is 20.8. The third kappa shape index (κ3) is 6.30. The molecule has 4 aromatic heterocycles. The number of pyridine rings is 2. The summed E-state index contributed by atoms with van der Waals surface area (Å²) >= 11 is 0. The van der Waals surface area contributed by atoms with Crippen LogP contribution < -0.4 is 21.5 Å². The maximum absolute atomic E-state index is 13.2. The van der Waals surface area contributed by atoms with Crippen molar-refractivity contribution in [2.75, 3.05) is 7.11 Å². The molecule has 0 aromatic carbocycles. The van der Waals surface area contributed by atoms with Gasteiger partial charge in [-0.3, -0.25) is 14.0 Å². The summed E-state index contributed by atoms with van der Waals surface area (Å²) in [6.45, 7) is 12.5. The third-order valence-electron chi connectivity index (χ3n) is 8.57. The normalized spacial score (nSPS) is 16.8. The van der Waals surface area contributed by atoms with Crippen LogP contribution in [0.5, 0.6) is 5.88 Å². The van der Waals surface area contributed by atoms with Crippen molar-refractivity contribution in [1.29, 1.82) is 0 Å². The quantitative estimate of drug-likeness (QED) is 0.264. The molecule has 1 atom stereocenters. The number of methoxy groups -OCH3 is 1. The summed E-state index contributed by atoms with van der Waals surface area (Å²) in [5.41, 5.74) is 18.9. The lowest BCUT2D eigenvalue weighted by molar-refractivity contribution is -0.125. The van der Waals surface area contributed by atoms with E-state index in [0.717, 1.165) is 64.5 Å². The van der Waals surface area contributed by atoms with Gasteiger partial charge in [0.05, 0.1) is 18.5 Å². The Bertz CT molecular complexity index is 1760. The zero-order chi connectivity index (χ0) is 31.9. The molecule has 1 saturated carbocycles. The van der Waals surface area contributed by atoms with Gasteiger partial charge in [-0.1, -0.05) is 33.3 Å². The topological polar surface area (TPSA) is 143 Å². The van der Waals surface area contributed by atoms with E-state index in [1.165, 1.54) is 12.8 Å². The molecule has 1 fully saturated rings. The van der Waals surface area contributed by atoms with Gasteiger partial charge in [0.2, 0.25) is 5.91 Å². The standard InChI is InChI=1S/C29H34N6O2.C5H11NO/c1-5-21-9-8-19-11-24(34(28(19)31-21)15-18-6-7-18)27-17(3)35-25(33-27)12-20(13-26(35)37-4)29(36)32-22-10-16(2)23(30)14-22;1-5(2,3)4(6)7/h8-9,11-13,18,22H,5-7,10,14-15,30H2,1-4H3,(H,32,36);1-3H3,(H2,6,7). The van der Waals surface area contributed by atoms with Crippen molar-refractivity contribution in [1.82, 2.24) is 24.3 Å². The molecule has 2 aliphatic carbocycles. The Morgan fingerprint density at radius 3 is 2.36 bits per heavy atom. The Morgan fingerprint density at radius 1 is 1.09 bits per heavy atom. The van der Waals surface area contributed by atoms with Gasteiger partial charge in [-0.05, 0) is 69.7 Å². The van der Waals surface area contributed by atoms with Crippen LogP contribution in [0.1, 0.15) is 82.0 Å². The molecule has 5 N–H and O–H groups in total. The molecule has 44 heavy (non-hydrogen) atoms. The molecule has 10 heteroatoms. The van der Waals surface area contributed by atoms with Crippen molar-refractivity contribution in [3.63, 3.8) is 0 Å². The van der Waals surface area contributed by atoms with Crippen LogP contribution in [0.25, 0.3) is 28.1 Å². The molecule has 0 bridgehead atoms. The zero-order valence-corrected chi connectivity index (χ0v) is 27.0. The Morgan fingerprint density at radius 2 is 1.80 bits per heavy atom. The van der Waals surface area contributed by atoms with Gasteiger partial charge in [-0.15, -0.1) is 0 Å². The minimum atomic E-state index is -0.361. The van der Waals surface area contributed by atoms with E-state index in [1.807, 2.05) is 17.4 Å². The van der Waals surface area contributed by atoms with E-state index in [2.05, 4.69) is 41.9 Å². The summed E-state index contributed by atoms with van der Waals surface area (Å²) in [6, 6.07) is 10.1. The smallest absolute Gasteiger partial charge is 0.251 e. The van der Waals surface area contributed by atoms with Crippen LogP contribution in [0.3, 0.4) is 0 Å². The SMILES string of the molecule is CC(C)(C)C(N)=O.CCc1ccc2cc(-c3nc4cc(C(=O)NC5CC(C)=C(N)C5)cc(OC)n4c3C)n(CC3CC3)c2n1. The summed E-state index contributed by atoms with van der Waals surface area (Å²) < 4.78 is 10.1. The van der Waals surface area contributed by atoms with Crippen LogP contribution in [-0.4, -0.2) is 43.9 Å². The number of nitrogens with zero attached hydrogens (tertiary/aromatic N) is 4. The Balaban J connectivity index is 0.000000493. The molecular weight excluding hydrogens is 554 g/mol. The first-order valence-electron chi connectivity index (χ1n) is 15.4. The molecule has 4 heterocycles. The van der Waals surface area contributed by atoms with Gasteiger partial charge in [0, 0.05) is 52.8 Å². The molecule has 6 rings (SSSR count). The summed E-state index contributed by atoms with van der Waals surface area (Å²) in [4.78, 5) is 33.4. The van der Waals surface area contributed by atoms with E-state index in [0.29, 0.717) is 29.4 Å². The molecule has 234 valence electrons. The van der Waals surface area contributed by atoms with Crippen molar-refractivity contribution in [3.8, 4) is 17.3 Å². The molecular formula is C34H45N7O3. The lowest BCUT2D eigenvalue weighted by atomic mass is 9.96. The highest BCUT2D eigenvalue weighted by Gasteiger charge is 2.27. The highest BCUT2D eigenvalue weighted by Crippen LogP contribution is 2.37. The number of primary amides is 1. The highest BCUT2D eigenvalue weighted by atomic mass is 16.5. The zero-order valence-electron chi connectivity index (χ0n) is 27.0. The van der Waals surface area contributed by atoms with E-state index in [1.54, 1.807) is 33.9 Å². The number of ether oxygens (including phenoxy) is 1. The number of aromatic nitrogens is 4. The molecule has 2 aliphatic rings. The van der Waals surface area contributed by atoms with Crippen LogP contribution in [-0.2, 0) is 17.8 Å². The van der Waals surface area contributed by atoms with Gasteiger partial charge in [-0.25, -0.2) is 9.97 Å². The Hall–Kier alpha value is -4.34. The van der Waals surface area contributed by atoms with E-state index < -0.39 is 0 Å². The predicted octanol–water partition coefficient (Wildman–Crippen LogP) is 5.28. The van der Waals surface area contributed by atoms with E-state index >= 15 is 0 Å². The largest absolute Gasteiger partial charge is 0.482 e. The number of carbonyl (C=O) groups is 2. The summed E-state index contributed by atoms with van der Waals surface area (Å²) in [7, 11) is 1.63. The van der Waals surface area contributed by atoms with Crippen molar-refractivity contribution >= 4 is 28.5 Å². The summed E-state index contributed by atoms with van der Waals surface area (Å²) in [6.07, 6.45) is 4.87. The van der Waals surface area contributed by atoms with E-state index in [9.17, 15) is 9.59 Å². The number of hydrogen-bond acceptors (Lipinski definition) is 6. The molecule has 0 aliphatic heterocycles. The van der Waals surface area contributed by atoms with Crippen molar-refractivity contribution < 1.29 is 14.3 Å². The van der Waals surface area contributed by atoms with Gasteiger partial charge in [0.25, 0.3) is 5.91 Å². The minimum Gasteiger partial charge on any atom is -0.482 e. The Labute approximate surface area is 258 Å². The van der Waals surface area contributed by atoms with Gasteiger partial charge >= 0.3 is 0 Å². The van der Waals surface area contributed by atoms with Crippen molar-refractivity contribution in [2.45, 2.75) is 86.2 Å². The van der Waals surface area contributed by atoms with E-state index in [4.69, 9.17) is 26.2 Å².